The third-order valence-corrected chi connectivity index (χ3v) is 2.73. The van der Waals surface area contributed by atoms with Crippen LogP contribution < -0.4 is 0 Å². The zero-order valence-corrected chi connectivity index (χ0v) is 8.27. The van der Waals surface area contributed by atoms with E-state index in [-0.39, 0.29) is 49.0 Å². The quantitative estimate of drug-likeness (QED) is 0.461. The topological polar surface area (TPSA) is 0 Å². The molecule has 0 fully saturated rings. The van der Waals surface area contributed by atoms with E-state index in [4.69, 9.17) is 0 Å². The molecule has 0 spiro atoms. The Morgan fingerprint density at radius 2 is 2.11 bits per heavy atom. The van der Waals surface area contributed by atoms with Crippen LogP contribution in [0.3, 0.4) is 0 Å². The van der Waals surface area contributed by atoms with Gasteiger partial charge in [-0.1, -0.05) is 0 Å². The Labute approximate surface area is 86.6 Å². The van der Waals surface area contributed by atoms with Crippen LogP contribution >= 0.6 is 0 Å². The van der Waals surface area contributed by atoms with Gasteiger partial charge in [0.2, 0.25) is 0 Å². The second kappa shape index (κ2) is 2.92. The molecule has 0 heterocycles. The van der Waals surface area contributed by atoms with Crippen molar-refractivity contribution in [2.75, 3.05) is 0 Å². The second-order valence-electron chi connectivity index (χ2n) is 2.30. The summed E-state index contributed by atoms with van der Waals surface area (Å²) in [4.78, 5) is 0. The molecule has 1 rings (SSSR count). The van der Waals surface area contributed by atoms with E-state index in [1.165, 1.54) is 18.2 Å². The predicted molar refractivity (Wildman–Crippen MR) is 32.8 cm³/mol. The van der Waals surface area contributed by atoms with Crippen LogP contribution in [0.1, 0.15) is 0 Å². The van der Waals surface area contributed by atoms with E-state index in [2.05, 4.69) is 0 Å². The predicted octanol–water partition coefficient (Wildman–Crippen LogP) is 1.28. The van der Waals surface area contributed by atoms with Crippen LogP contribution in [0.5, 0.6) is 0 Å². The van der Waals surface area contributed by atoms with E-state index in [1.807, 2.05) is 0 Å². The number of halogens is 2. The van der Waals surface area contributed by atoms with Crippen molar-refractivity contribution in [1.82, 2.24) is 0 Å². The van der Waals surface area contributed by atoms with Gasteiger partial charge in [0.25, 0.3) is 0 Å². The zero-order valence-electron chi connectivity index (χ0n) is 5.14. The summed E-state index contributed by atoms with van der Waals surface area (Å²) in [6, 6.07) is 0. The normalized spacial score (nSPS) is 41.6. The number of allylic oxidation sites excluding steroid dienone is 4. The molecule has 1 aliphatic rings. The summed E-state index contributed by atoms with van der Waals surface area (Å²) in [6.07, 6.45) is 4.25. The van der Waals surface area contributed by atoms with Crippen LogP contribution in [0.2, 0.25) is 0 Å². The minimum atomic E-state index is -1.61. The number of hydrogen-bond acceptors (Lipinski definition) is 0. The summed E-state index contributed by atoms with van der Waals surface area (Å²) in [5, 5.41) is 0. The molecule has 0 aromatic rings. The third-order valence-electron chi connectivity index (χ3n) is 1.35. The van der Waals surface area contributed by atoms with Gasteiger partial charge in [0.15, 0.2) is 0 Å². The van der Waals surface area contributed by atoms with E-state index in [9.17, 15) is 8.78 Å². The molecule has 0 nitrogen and oxygen atoms in total. The van der Waals surface area contributed by atoms with E-state index in [0.29, 0.717) is 0 Å². The Balaban J connectivity index is 2.78. The Hall–Kier alpha value is 0.976. The van der Waals surface area contributed by atoms with Gasteiger partial charge in [-0.25, -0.2) is 0 Å². The van der Waals surface area contributed by atoms with E-state index >= 15 is 0 Å². The molecule has 0 radical (unpaired) electrons. The van der Waals surface area contributed by atoms with Gasteiger partial charge in [-0.2, -0.15) is 0 Å². The van der Waals surface area contributed by atoms with Gasteiger partial charge in [0, 0.05) is 0 Å². The van der Waals surface area contributed by atoms with Crippen molar-refractivity contribution in [2.24, 2.45) is 0 Å². The molecule has 0 saturated heterocycles. The number of alkyl halides is 2. The van der Waals surface area contributed by atoms with Gasteiger partial charge in [-0.15, -0.1) is 0 Å². The molecule has 0 aromatic carbocycles. The fourth-order valence-electron chi connectivity index (χ4n) is 0.685. The minimum absolute atomic E-state index is 0.138. The molecule has 0 aliphatic heterocycles. The molecular weight excluding hydrogens is 149 g/mol. The number of hydrogen-bond donors (Lipinski definition) is 0. The van der Waals surface area contributed by atoms with Crippen LogP contribution in [0.25, 0.3) is 0 Å². The molecular formula is C6H5F2K. The zero-order chi connectivity index (χ0) is 6.91. The Morgan fingerprint density at radius 3 is 2.44 bits per heavy atom. The summed E-state index contributed by atoms with van der Waals surface area (Å²) in [7, 11) is 0. The third kappa shape index (κ3) is 1.95. The van der Waals surface area contributed by atoms with E-state index < -0.39 is 5.93 Å². The molecule has 9 heavy (non-hydrogen) atoms. The van der Waals surface area contributed by atoms with Gasteiger partial charge < -0.3 is 0 Å². The van der Waals surface area contributed by atoms with Crippen molar-refractivity contribution in [2.45, 2.75) is 5.93 Å². The average Bonchev–Trinajstić information content (AvgIpc) is 1.77. The number of rotatable bonds is 0. The Bertz CT molecular complexity index is 160. The Morgan fingerprint density at radius 1 is 1.44 bits per heavy atom. The maximum atomic E-state index is 12.8. The monoisotopic (exact) mass is 154 g/mol. The van der Waals surface area contributed by atoms with Gasteiger partial charge in [-0.3, -0.25) is 0 Å². The fourth-order valence-corrected chi connectivity index (χ4v) is 1.29. The molecule has 2 atom stereocenters. The summed E-state index contributed by atoms with van der Waals surface area (Å²) in [6.45, 7) is 0. The van der Waals surface area contributed by atoms with Crippen LogP contribution in [0.4, 0.5) is 8.78 Å². The summed E-state index contributed by atoms with van der Waals surface area (Å²) >= 11 is -0.138. The molecule has 1 aliphatic carbocycles. The second-order valence-corrected chi connectivity index (χ2v) is 4.69. The van der Waals surface area contributed by atoms with Crippen LogP contribution in [0, 0.1) is 0 Å². The van der Waals surface area contributed by atoms with Crippen molar-refractivity contribution in [3.63, 3.8) is 0 Å². The first kappa shape index (κ1) is 8.08. The van der Waals surface area contributed by atoms with Gasteiger partial charge in [0.05, 0.1) is 0 Å². The van der Waals surface area contributed by atoms with Crippen molar-refractivity contribution < 1.29 is 8.78 Å². The molecule has 2 unspecified atom stereocenters. The molecule has 0 N–H and O–H groups in total. The SMILES string of the molecule is FC1C=CC=C[C]1(F)[K]. The summed E-state index contributed by atoms with van der Waals surface area (Å²) in [5.41, 5.74) is 0. The first-order valence-corrected chi connectivity index (χ1v) is 4.38. The maximum absolute atomic E-state index is 12.8. The fraction of sp³-hybridized carbons (Fsp3) is 0.333. The molecule has 0 aromatic heterocycles. The summed E-state index contributed by atoms with van der Waals surface area (Å²) < 4.78 is 23.7. The summed E-state index contributed by atoms with van der Waals surface area (Å²) in [5.74, 6) is 0. The van der Waals surface area contributed by atoms with Crippen molar-refractivity contribution in [3.05, 3.63) is 24.3 Å². The molecule has 44 valence electrons. The van der Waals surface area contributed by atoms with Crippen LogP contribution in [0.15, 0.2) is 24.3 Å². The van der Waals surface area contributed by atoms with Gasteiger partial charge >= 0.3 is 88.0 Å². The Kier molecular flexibility index (Phi) is 2.62. The first-order valence-electron chi connectivity index (χ1n) is 2.82. The van der Waals surface area contributed by atoms with E-state index in [0.717, 1.165) is 0 Å². The average molecular weight is 154 g/mol. The van der Waals surface area contributed by atoms with Gasteiger partial charge in [-0.05, 0) is 0 Å². The van der Waals surface area contributed by atoms with E-state index in [1.54, 1.807) is 6.08 Å². The molecule has 0 amide bonds. The standard InChI is InChI=1S/C6H5F2.K/c7-5-3-1-2-4-6(5)8;/h1-5H;. The van der Waals surface area contributed by atoms with Crippen molar-refractivity contribution >= 4 is 49.0 Å². The molecule has 0 bridgehead atoms. The van der Waals surface area contributed by atoms with Gasteiger partial charge in [0.1, 0.15) is 0 Å². The van der Waals surface area contributed by atoms with Crippen molar-refractivity contribution in [1.29, 1.82) is 0 Å². The first-order chi connectivity index (χ1) is 4.13. The molecule has 0 saturated carbocycles. The van der Waals surface area contributed by atoms with Crippen molar-refractivity contribution in [3.8, 4) is 0 Å². The van der Waals surface area contributed by atoms with Crippen LogP contribution in [-0.2, 0) is 0 Å². The van der Waals surface area contributed by atoms with Crippen LogP contribution in [-0.4, -0.2) is 54.9 Å². The molecule has 3 heteroatoms.